The third kappa shape index (κ3) is 5.53. The normalized spacial score (nSPS) is 12.1. The van der Waals surface area contributed by atoms with Crippen molar-refractivity contribution in [3.63, 3.8) is 0 Å². The van der Waals surface area contributed by atoms with Crippen LogP contribution in [0.1, 0.15) is 13.8 Å². The minimum absolute atomic E-state index is 0.0851. The molecule has 7 heteroatoms. The Kier molecular flexibility index (Phi) is 6.00. The zero-order valence-electron chi connectivity index (χ0n) is 13.2. The first-order valence-corrected chi connectivity index (χ1v) is 8.48. The molecule has 1 aromatic carbocycles. The maximum atomic E-state index is 11.8. The predicted molar refractivity (Wildman–Crippen MR) is 87.8 cm³/mol. The van der Waals surface area contributed by atoms with Crippen LogP contribution < -0.4 is 15.8 Å². The minimum atomic E-state index is -3.81. The van der Waals surface area contributed by atoms with Crippen molar-refractivity contribution in [2.24, 2.45) is 11.1 Å². The molecule has 0 aromatic heterocycles. The van der Waals surface area contributed by atoms with Crippen molar-refractivity contribution in [1.29, 1.82) is 0 Å². The highest BCUT2D eigenvalue weighted by Crippen LogP contribution is 2.27. The number of hydrogen-bond donors (Lipinski definition) is 2. The number of nitrogens with two attached hydrogens (primary N) is 2. The third-order valence-corrected chi connectivity index (χ3v) is 3.97. The van der Waals surface area contributed by atoms with Crippen molar-refractivity contribution < 1.29 is 8.42 Å². The van der Waals surface area contributed by atoms with E-state index in [2.05, 4.69) is 18.7 Å². The van der Waals surface area contributed by atoms with E-state index in [4.69, 9.17) is 10.9 Å². The molecule has 0 saturated heterocycles. The summed E-state index contributed by atoms with van der Waals surface area (Å²) in [5, 5.41) is 5.33. The van der Waals surface area contributed by atoms with E-state index < -0.39 is 10.0 Å². The topological polar surface area (TPSA) is 92.7 Å². The van der Waals surface area contributed by atoms with Crippen LogP contribution in [0.4, 0.5) is 11.4 Å². The zero-order valence-corrected chi connectivity index (χ0v) is 14.0. The smallest absolute Gasteiger partial charge is 0.240 e. The Labute approximate surface area is 127 Å². The maximum Gasteiger partial charge on any atom is 0.240 e. The second kappa shape index (κ2) is 7.11. The number of primary sulfonamides is 1. The van der Waals surface area contributed by atoms with Gasteiger partial charge in [0.2, 0.25) is 10.0 Å². The largest absolute Gasteiger partial charge is 0.399 e. The fraction of sp³-hybridized carbons (Fsp3) is 0.571. The molecule has 0 bridgehead atoms. The molecule has 0 heterocycles. The van der Waals surface area contributed by atoms with Crippen LogP contribution in [0.2, 0.25) is 0 Å². The first-order chi connectivity index (χ1) is 9.61. The minimum Gasteiger partial charge on any atom is -0.399 e. The van der Waals surface area contributed by atoms with E-state index in [1.807, 2.05) is 19.0 Å². The molecule has 0 aliphatic rings. The van der Waals surface area contributed by atoms with Gasteiger partial charge in [-0.1, -0.05) is 13.8 Å². The molecule has 120 valence electrons. The summed E-state index contributed by atoms with van der Waals surface area (Å²) < 4.78 is 23.6. The van der Waals surface area contributed by atoms with E-state index in [1.54, 1.807) is 12.1 Å². The second-order valence-electron chi connectivity index (χ2n) is 5.92. The summed E-state index contributed by atoms with van der Waals surface area (Å²) in [5.41, 5.74) is 6.70. The van der Waals surface area contributed by atoms with Gasteiger partial charge in [0, 0.05) is 25.3 Å². The van der Waals surface area contributed by atoms with Gasteiger partial charge in [-0.15, -0.1) is 0 Å². The summed E-state index contributed by atoms with van der Waals surface area (Å²) in [4.78, 5) is 4.19. The average molecular weight is 314 g/mol. The molecule has 0 atom stereocenters. The Bertz CT molecular complexity index is 570. The number of anilines is 2. The molecular weight excluding hydrogens is 288 g/mol. The average Bonchev–Trinajstić information content (AvgIpc) is 2.33. The van der Waals surface area contributed by atoms with E-state index in [9.17, 15) is 8.42 Å². The number of rotatable bonds is 7. The first kappa shape index (κ1) is 17.7. The van der Waals surface area contributed by atoms with Crippen molar-refractivity contribution in [3.8, 4) is 0 Å². The van der Waals surface area contributed by atoms with Gasteiger partial charge in [0.05, 0.1) is 5.69 Å². The quantitative estimate of drug-likeness (QED) is 0.731. The molecular formula is C14H26N4O2S. The monoisotopic (exact) mass is 314 g/mol. The Morgan fingerprint density at radius 1 is 1.19 bits per heavy atom. The Morgan fingerprint density at radius 2 is 1.81 bits per heavy atom. The Hall–Kier alpha value is -1.31. The van der Waals surface area contributed by atoms with Gasteiger partial charge in [0.1, 0.15) is 4.90 Å². The van der Waals surface area contributed by atoms with Crippen LogP contribution in [-0.2, 0) is 10.0 Å². The first-order valence-electron chi connectivity index (χ1n) is 6.93. The zero-order chi connectivity index (χ0) is 16.2. The molecule has 0 fully saturated rings. The standard InChI is InChI=1S/C14H26N4O2S/c1-11(2)10-18(8-7-17(3)4)13-6-5-12(15)9-14(13)21(16,19)20/h5-6,9,11H,7-8,10,15H2,1-4H3,(H2,16,19,20). The lowest BCUT2D eigenvalue weighted by atomic mass is 10.1. The molecule has 0 aliphatic heterocycles. The summed E-state index contributed by atoms with van der Waals surface area (Å²) >= 11 is 0. The second-order valence-corrected chi connectivity index (χ2v) is 7.45. The number of sulfonamides is 1. The van der Waals surface area contributed by atoms with Crippen LogP contribution in [0.15, 0.2) is 23.1 Å². The van der Waals surface area contributed by atoms with Gasteiger partial charge < -0.3 is 15.5 Å². The van der Waals surface area contributed by atoms with E-state index in [-0.39, 0.29) is 4.90 Å². The lowest BCUT2D eigenvalue weighted by Crippen LogP contribution is -2.35. The molecule has 21 heavy (non-hydrogen) atoms. The maximum absolute atomic E-state index is 11.8. The van der Waals surface area contributed by atoms with Crippen LogP contribution in [0.5, 0.6) is 0 Å². The fourth-order valence-electron chi connectivity index (χ4n) is 2.09. The number of likely N-dealkylation sites (N-methyl/N-ethyl adjacent to an activating group) is 1. The van der Waals surface area contributed by atoms with Crippen molar-refractivity contribution in [2.45, 2.75) is 18.7 Å². The van der Waals surface area contributed by atoms with Gasteiger partial charge in [-0.05, 0) is 38.2 Å². The van der Waals surface area contributed by atoms with Crippen LogP contribution in [-0.4, -0.2) is 47.0 Å². The lowest BCUT2D eigenvalue weighted by Gasteiger charge is -2.29. The third-order valence-electron chi connectivity index (χ3n) is 3.03. The van der Waals surface area contributed by atoms with Crippen LogP contribution in [0.3, 0.4) is 0 Å². The number of nitrogen functional groups attached to an aromatic ring is 1. The van der Waals surface area contributed by atoms with Crippen molar-refractivity contribution in [1.82, 2.24) is 4.90 Å². The van der Waals surface area contributed by atoms with Crippen molar-refractivity contribution >= 4 is 21.4 Å². The fourth-order valence-corrected chi connectivity index (χ4v) is 2.88. The molecule has 6 nitrogen and oxygen atoms in total. The molecule has 0 amide bonds. The SMILES string of the molecule is CC(C)CN(CCN(C)C)c1ccc(N)cc1S(N)(=O)=O. The lowest BCUT2D eigenvalue weighted by molar-refractivity contribution is 0.408. The van der Waals surface area contributed by atoms with Crippen molar-refractivity contribution in [3.05, 3.63) is 18.2 Å². The molecule has 0 spiro atoms. The Balaban J connectivity index is 3.23. The number of nitrogens with zero attached hydrogens (tertiary/aromatic N) is 2. The van der Waals surface area contributed by atoms with E-state index in [0.29, 0.717) is 17.3 Å². The summed E-state index contributed by atoms with van der Waals surface area (Å²) in [6.45, 7) is 6.48. The van der Waals surface area contributed by atoms with Gasteiger partial charge in [-0.25, -0.2) is 13.6 Å². The van der Waals surface area contributed by atoms with Gasteiger partial charge in [0.15, 0.2) is 0 Å². The highest BCUT2D eigenvalue weighted by molar-refractivity contribution is 7.89. The molecule has 0 unspecified atom stereocenters. The van der Waals surface area contributed by atoms with Gasteiger partial charge in [-0.2, -0.15) is 0 Å². The summed E-state index contributed by atoms with van der Waals surface area (Å²) in [6.07, 6.45) is 0. The molecule has 4 N–H and O–H groups in total. The van der Waals surface area contributed by atoms with E-state index in [0.717, 1.165) is 19.6 Å². The Morgan fingerprint density at radius 3 is 2.29 bits per heavy atom. The van der Waals surface area contributed by atoms with Crippen LogP contribution in [0.25, 0.3) is 0 Å². The van der Waals surface area contributed by atoms with Crippen molar-refractivity contribution in [2.75, 3.05) is 44.4 Å². The summed E-state index contributed by atoms with van der Waals surface area (Å²) in [5.74, 6) is 0.401. The van der Waals surface area contributed by atoms with Gasteiger partial charge in [0.25, 0.3) is 0 Å². The molecule has 1 rings (SSSR count). The molecule has 0 radical (unpaired) electrons. The summed E-state index contributed by atoms with van der Waals surface area (Å²) in [7, 11) is 0.156. The van der Waals surface area contributed by atoms with E-state index >= 15 is 0 Å². The van der Waals surface area contributed by atoms with Gasteiger partial charge in [-0.3, -0.25) is 0 Å². The van der Waals surface area contributed by atoms with E-state index in [1.165, 1.54) is 6.07 Å². The molecule has 0 saturated carbocycles. The highest BCUT2D eigenvalue weighted by Gasteiger charge is 2.20. The molecule has 1 aromatic rings. The van der Waals surface area contributed by atoms with Crippen LogP contribution in [0, 0.1) is 5.92 Å². The van der Waals surface area contributed by atoms with Crippen LogP contribution >= 0.6 is 0 Å². The number of hydrogen-bond acceptors (Lipinski definition) is 5. The highest BCUT2D eigenvalue weighted by atomic mass is 32.2. The predicted octanol–water partition coefficient (Wildman–Crippen LogP) is 0.940. The molecule has 0 aliphatic carbocycles. The van der Waals surface area contributed by atoms with Gasteiger partial charge >= 0.3 is 0 Å². The number of benzene rings is 1. The summed E-state index contributed by atoms with van der Waals surface area (Å²) in [6, 6.07) is 4.85.